The number of carbonyl (C=O) groups excluding carboxylic acids is 1. The van der Waals surface area contributed by atoms with Crippen molar-refractivity contribution in [2.45, 2.75) is 46.7 Å². The van der Waals surface area contributed by atoms with E-state index in [0.29, 0.717) is 25.2 Å². The lowest BCUT2D eigenvalue weighted by atomic mass is 10.0. The van der Waals surface area contributed by atoms with Gasteiger partial charge in [0.2, 0.25) is 5.91 Å². The number of hydrogen-bond acceptors (Lipinski definition) is 4. The Bertz CT molecular complexity index is 1350. The molecule has 7 nitrogen and oxygen atoms in total. The Balaban J connectivity index is 1.37. The number of nitrogens with one attached hydrogen (secondary N) is 1. The smallest absolute Gasteiger partial charge is 0.276 e. The molecule has 1 amide bonds. The second kappa shape index (κ2) is 10.4. The SMILES string of the molecule is CCCOc1ccc(CNC(=O)CCn2ccn3nc(-c4ccc(C)c(C)c4)cc3c2=O)cc1. The minimum atomic E-state index is -0.166. The summed E-state index contributed by atoms with van der Waals surface area (Å²) >= 11 is 0. The number of benzene rings is 2. The third kappa shape index (κ3) is 5.36. The third-order valence-electron chi connectivity index (χ3n) is 5.87. The second-order valence-corrected chi connectivity index (χ2v) is 8.47. The fourth-order valence-corrected chi connectivity index (χ4v) is 3.68. The van der Waals surface area contributed by atoms with Gasteiger partial charge in [-0.15, -0.1) is 0 Å². The normalized spacial score (nSPS) is 11.0. The van der Waals surface area contributed by atoms with Gasteiger partial charge in [0.1, 0.15) is 11.3 Å². The Morgan fingerprint density at radius 3 is 2.56 bits per heavy atom. The molecule has 2 aromatic heterocycles. The highest BCUT2D eigenvalue weighted by molar-refractivity contribution is 5.75. The number of aromatic nitrogens is 3. The highest BCUT2D eigenvalue weighted by atomic mass is 16.5. The molecule has 2 aromatic carbocycles. The van der Waals surface area contributed by atoms with Crippen molar-refractivity contribution in [1.29, 1.82) is 0 Å². The summed E-state index contributed by atoms with van der Waals surface area (Å²) in [5, 5.41) is 7.46. The molecular weight excluding hydrogens is 428 g/mol. The van der Waals surface area contributed by atoms with E-state index in [4.69, 9.17) is 4.74 Å². The highest BCUT2D eigenvalue weighted by Gasteiger charge is 2.11. The molecule has 0 saturated carbocycles. The highest BCUT2D eigenvalue weighted by Crippen LogP contribution is 2.21. The fourth-order valence-electron chi connectivity index (χ4n) is 3.68. The van der Waals surface area contributed by atoms with Crippen molar-refractivity contribution in [2.24, 2.45) is 0 Å². The summed E-state index contributed by atoms with van der Waals surface area (Å²) in [5.41, 5.74) is 5.43. The summed E-state index contributed by atoms with van der Waals surface area (Å²) in [6.07, 6.45) is 4.60. The molecule has 0 atom stereocenters. The van der Waals surface area contributed by atoms with Gasteiger partial charge in [0.15, 0.2) is 0 Å². The summed E-state index contributed by atoms with van der Waals surface area (Å²) < 4.78 is 8.73. The fraction of sp³-hybridized carbons (Fsp3) is 0.296. The van der Waals surface area contributed by atoms with Gasteiger partial charge in [-0.1, -0.05) is 31.2 Å². The van der Waals surface area contributed by atoms with E-state index < -0.39 is 0 Å². The van der Waals surface area contributed by atoms with Crippen LogP contribution in [0.5, 0.6) is 5.75 Å². The molecule has 0 aliphatic carbocycles. The van der Waals surface area contributed by atoms with E-state index in [1.165, 1.54) is 11.1 Å². The quantitative estimate of drug-likeness (QED) is 0.406. The van der Waals surface area contributed by atoms with E-state index in [2.05, 4.69) is 43.3 Å². The van der Waals surface area contributed by atoms with E-state index in [-0.39, 0.29) is 17.9 Å². The number of aryl methyl sites for hydroxylation is 3. The molecule has 0 bridgehead atoms. The van der Waals surface area contributed by atoms with E-state index in [1.54, 1.807) is 27.5 Å². The summed E-state index contributed by atoms with van der Waals surface area (Å²) in [6.45, 7) is 7.61. The van der Waals surface area contributed by atoms with Crippen LogP contribution in [0.3, 0.4) is 0 Å². The Hall–Kier alpha value is -3.87. The molecule has 1 N–H and O–H groups in total. The van der Waals surface area contributed by atoms with Gasteiger partial charge in [0, 0.05) is 37.5 Å². The Labute approximate surface area is 199 Å². The lowest BCUT2D eigenvalue weighted by molar-refractivity contribution is -0.121. The van der Waals surface area contributed by atoms with E-state index in [1.807, 2.05) is 30.3 Å². The van der Waals surface area contributed by atoms with Crippen LogP contribution >= 0.6 is 0 Å². The minimum Gasteiger partial charge on any atom is -0.494 e. The van der Waals surface area contributed by atoms with Crippen LogP contribution in [-0.4, -0.2) is 26.7 Å². The van der Waals surface area contributed by atoms with Crippen molar-refractivity contribution < 1.29 is 9.53 Å². The summed E-state index contributed by atoms with van der Waals surface area (Å²) in [4.78, 5) is 25.3. The molecule has 2 heterocycles. The van der Waals surface area contributed by atoms with Crippen LogP contribution in [0.2, 0.25) is 0 Å². The zero-order valence-corrected chi connectivity index (χ0v) is 19.9. The molecule has 0 aliphatic heterocycles. The predicted octanol–water partition coefficient (Wildman–Crippen LogP) is 4.28. The van der Waals surface area contributed by atoms with Crippen molar-refractivity contribution in [3.63, 3.8) is 0 Å². The summed E-state index contributed by atoms with van der Waals surface area (Å²) in [7, 11) is 0. The van der Waals surface area contributed by atoms with Gasteiger partial charge in [-0.3, -0.25) is 9.59 Å². The first-order valence-corrected chi connectivity index (χ1v) is 11.6. The van der Waals surface area contributed by atoms with E-state index in [9.17, 15) is 9.59 Å². The largest absolute Gasteiger partial charge is 0.494 e. The molecule has 0 radical (unpaired) electrons. The molecule has 176 valence electrons. The molecule has 4 aromatic rings. The van der Waals surface area contributed by atoms with Gasteiger partial charge in [0.05, 0.1) is 12.3 Å². The minimum absolute atomic E-state index is 0.109. The number of carbonyl (C=O) groups is 1. The standard InChI is InChI=1S/C27H30N4O3/c1-4-15-34-23-9-6-21(7-10-23)18-28-26(32)11-12-30-13-14-31-25(27(30)33)17-24(29-31)22-8-5-19(2)20(3)16-22/h5-10,13-14,16-17H,4,11-12,15,18H2,1-3H3,(H,28,32). The number of rotatable bonds is 9. The number of fused-ring (bicyclic) bond motifs is 1. The number of amides is 1. The van der Waals surface area contributed by atoms with Crippen molar-refractivity contribution in [3.8, 4) is 17.0 Å². The molecule has 0 aliphatic rings. The van der Waals surface area contributed by atoms with Crippen LogP contribution in [0.15, 0.2) is 65.7 Å². The Kier molecular flexibility index (Phi) is 7.11. The number of nitrogens with zero attached hydrogens (tertiary/aromatic N) is 3. The second-order valence-electron chi connectivity index (χ2n) is 8.47. The zero-order chi connectivity index (χ0) is 24.1. The van der Waals surface area contributed by atoms with Gasteiger partial charge >= 0.3 is 0 Å². The van der Waals surface area contributed by atoms with E-state index in [0.717, 1.165) is 29.0 Å². The monoisotopic (exact) mass is 458 g/mol. The van der Waals surface area contributed by atoms with Crippen LogP contribution in [0.4, 0.5) is 0 Å². The van der Waals surface area contributed by atoms with Crippen molar-refractivity contribution in [1.82, 2.24) is 19.5 Å². The molecule has 0 unspecified atom stereocenters. The lowest BCUT2D eigenvalue weighted by Crippen LogP contribution is -2.27. The van der Waals surface area contributed by atoms with Crippen molar-refractivity contribution in [3.05, 3.63) is 88.0 Å². The number of hydrogen-bond donors (Lipinski definition) is 1. The predicted molar refractivity (Wildman–Crippen MR) is 133 cm³/mol. The molecular formula is C27H30N4O3. The van der Waals surface area contributed by atoms with Gasteiger partial charge in [-0.05, 0) is 61.2 Å². The van der Waals surface area contributed by atoms with Crippen LogP contribution in [-0.2, 0) is 17.9 Å². The first kappa shape index (κ1) is 23.3. The zero-order valence-electron chi connectivity index (χ0n) is 19.9. The Morgan fingerprint density at radius 1 is 1.03 bits per heavy atom. The van der Waals surface area contributed by atoms with Crippen molar-refractivity contribution >= 4 is 11.4 Å². The maximum absolute atomic E-state index is 13.0. The van der Waals surface area contributed by atoms with Gasteiger partial charge in [-0.2, -0.15) is 5.10 Å². The molecule has 7 heteroatoms. The molecule has 0 saturated heterocycles. The molecule has 0 fully saturated rings. The maximum Gasteiger partial charge on any atom is 0.276 e. The maximum atomic E-state index is 13.0. The topological polar surface area (TPSA) is 77.6 Å². The molecule has 0 spiro atoms. The molecule has 34 heavy (non-hydrogen) atoms. The van der Waals surface area contributed by atoms with Crippen LogP contribution < -0.4 is 15.6 Å². The summed E-state index contributed by atoms with van der Waals surface area (Å²) in [6, 6.07) is 15.6. The van der Waals surface area contributed by atoms with E-state index >= 15 is 0 Å². The summed E-state index contributed by atoms with van der Waals surface area (Å²) in [5.74, 6) is 0.717. The van der Waals surface area contributed by atoms with Gasteiger partial charge < -0.3 is 14.6 Å². The average Bonchev–Trinajstić information content (AvgIpc) is 3.28. The van der Waals surface area contributed by atoms with Crippen LogP contribution in [0, 0.1) is 13.8 Å². The van der Waals surface area contributed by atoms with Gasteiger partial charge in [0.25, 0.3) is 5.56 Å². The average molecular weight is 459 g/mol. The first-order valence-electron chi connectivity index (χ1n) is 11.6. The van der Waals surface area contributed by atoms with Crippen LogP contribution in [0.1, 0.15) is 36.5 Å². The van der Waals surface area contributed by atoms with Gasteiger partial charge in [-0.25, -0.2) is 4.52 Å². The first-order chi connectivity index (χ1) is 16.4. The lowest BCUT2D eigenvalue weighted by Gasteiger charge is -2.09. The number of ether oxygens (including phenoxy) is 1. The Morgan fingerprint density at radius 2 is 1.82 bits per heavy atom. The molecule has 4 rings (SSSR count). The van der Waals surface area contributed by atoms with Crippen molar-refractivity contribution in [2.75, 3.05) is 6.61 Å². The third-order valence-corrected chi connectivity index (χ3v) is 5.87. The van der Waals surface area contributed by atoms with Crippen LogP contribution in [0.25, 0.3) is 16.8 Å².